The molecule has 6 heteroatoms. The Morgan fingerprint density at radius 1 is 1.50 bits per heavy atom. The zero-order valence-electron chi connectivity index (χ0n) is 10.2. The summed E-state index contributed by atoms with van der Waals surface area (Å²) in [6.07, 6.45) is 0.298. The molecule has 0 aliphatic carbocycles. The van der Waals surface area contributed by atoms with Gasteiger partial charge in [-0.05, 0) is 17.7 Å². The van der Waals surface area contributed by atoms with Crippen LogP contribution >= 0.6 is 12.4 Å². The second-order valence-electron chi connectivity index (χ2n) is 3.67. The van der Waals surface area contributed by atoms with Crippen molar-refractivity contribution >= 4 is 18.3 Å². The van der Waals surface area contributed by atoms with Crippen LogP contribution in [-0.4, -0.2) is 19.6 Å². The number of benzene rings is 1. The van der Waals surface area contributed by atoms with Crippen LogP contribution in [-0.2, 0) is 22.7 Å². The van der Waals surface area contributed by atoms with Gasteiger partial charge in [-0.25, -0.2) is 4.39 Å². The van der Waals surface area contributed by atoms with Crippen molar-refractivity contribution in [2.45, 2.75) is 19.6 Å². The fourth-order valence-electron chi connectivity index (χ4n) is 1.42. The molecule has 102 valence electrons. The highest BCUT2D eigenvalue weighted by Crippen LogP contribution is 2.11. The van der Waals surface area contributed by atoms with Crippen LogP contribution in [0.5, 0.6) is 0 Å². The zero-order valence-corrected chi connectivity index (χ0v) is 11.1. The molecular weight excluding hydrogens is 259 g/mol. The number of nitrogens with one attached hydrogen (secondary N) is 1. The Labute approximate surface area is 112 Å². The van der Waals surface area contributed by atoms with Crippen LogP contribution < -0.4 is 11.1 Å². The summed E-state index contributed by atoms with van der Waals surface area (Å²) in [6, 6.07) is 4.69. The van der Waals surface area contributed by atoms with E-state index in [1.165, 1.54) is 13.2 Å². The molecule has 0 atom stereocenters. The van der Waals surface area contributed by atoms with E-state index >= 15 is 0 Å². The SMILES string of the molecule is COCc1cc(CNC(=O)CCN)ccc1F.Cl. The molecule has 0 saturated carbocycles. The maximum absolute atomic E-state index is 13.3. The topological polar surface area (TPSA) is 64.3 Å². The van der Waals surface area contributed by atoms with Crippen LogP contribution in [0.25, 0.3) is 0 Å². The van der Waals surface area contributed by atoms with Crippen molar-refractivity contribution in [3.05, 3.63) is 35.1 Å². The standard InChI is InChI=1S/C12H17FN2O2.ClH/c1-17-8-10-6-9(2-3-11(10)13)7-15-12(16)4-5-14;/h2-3,6H,4-5,7-8,14H2,1H3,(H,15,16);1H. The molecule has 0 aliphatic rings. The highest BCUT2D eigenvalue weighted by atomic mass is 35.5. The number of nitrogens with two attached hydrogens (primary N) is 1. The van der Waals surface area contributed by atoms with Gasteiger partial charge in [0.15, 0.2) is 0 Å². The van der Waals surface area contributed by atoms with Crippen molar-refractivity contribution in [1.29, 1.82) is 0 Å². The van der Waals surface area contributed by atoms with Crippen LogP contribution in [0.1, 0.15) is 17.5 Å². The third-order valence-electron chi connectivity index (χ3n) is 2.27. The van der Waals surface area contributed by atoms with Crippen LogP contribution in [0.3, 0.4) is 0 Å². The molecule has 1 rings (SSSR count). The van der Waals surface area contributed by atoms with Gasteiger partial charge >= 0.3 is 0 Å². The van der Waals surface area contributed by atoms with Crippen LogP contribution in [0.2, 0.25) is 0 Å². The Morgan fingerprint density at radius 2 is 2.22 bits per heavy atom. The Morgan fingerprint density at radius 3 is 2.83 bits per heavy atom. The molecular formula is C12H18ClFN2O2. The first kappa shape index (κ1) is 16.8. The first-order valence-corrected chi connectivity index (χ1v) is 5.40. The number of ether oxygens (including phenoxy) is 1. The third kappa shape index (κ3) is 5.44. The minimum atomic E-state index is -0.302. The van der Waals surface area contributed by atoms with Crippen molar-refractivity contribution in [3.63, 3.8) is 0 Å². The second-order valence-corrected chi connectivity index (χ2v) is 3.67. The van der Waals surface area contributed by atoms with E-state index in [0.29, 0.717) is 25.1 Å². The molecule has 18 heavy (non-hydrogen) atoms. The first-order chi connectivity index (χ1) is 8.17. The number of methoxy groups -OCH3 is 1. The van der Waals surface area contributed by atoms with Crippen molar-refractivity contribution < 1.29 is 13.9 Å². The molecule has 3 N–H and O–H groups in total. The lowest BCUT2D eigenvalue weighted by atomic mass is 10.1. The van der Waals surface area contributed by atoms with Gasteiger partial charge in [-0.15, -0.1) is 12.4 Å². The van der Waals surface area contributed by atoms with E-state index in [-0.39, 0.29) is 30.7 Å². The van der Waals surface area contributed by atoms with Gasteiger partial charge in [-0.1, -0.05) is 6.07 Å². The van der Waals surface area contributed by atoms with Gasteiger partial charge in [0.1, 0.15) is 5.82 Å². The zero-order chi connectivity index (χ0) is 12.7. The van der Waals surface area contributed by atoms with Gasteiger partial charge in [0.2, 0.25) is 5.91 Å². The Balaban J connectivity index is 0.00000289. The number of amides is 1. The van der Waals surface area contributed by atoms with Gasteiger partial charge in [0.05, 0.1) is 6.61 Å². The molecule has 1 amide bonds. The molecule has 0 unspecified atom stereocenters. The fraction of sp³-hybridized carbons (Fsp3) is 0.417. The second kappa shape index (κ2) is 8.85. The summed E-state index contributed by atoms with van der Waals surface area (Å²) in [7, 11) is 1.51. The van der Waals surface area contributed by atoms with Gasteiger partial charge in [0, 0.05) is 32.2 Å². The smallest absolute Gasteiger partial charge is 0.221 e. The summed E-state index contributed by atoms with van der Waals surface area (Å²) in [5.41, 5.74) is 6.58. The molecule has 0 aromatic heterocycles. The molecule has 1 aromatic carbocycles. The van der Waals surface area contributed by atoms with Crippen molar-refractivity contribution in [1.82, 2.24) is 5.32 Å². The van der Waals surface area contributed by atoms with E-state index in [4.69, 9.17) is 10.5 Å². The number of rotatable bonds is 6. The van der Waals surface area contributed by atoms with E-state index in [2.05, 4.69) is 5.32 Å². The summed E-state index contributed by atoms with van der Waals surface area (Å²) in [5.74, 6) is -0.408. The molecule has 0 heterocycles. The molecule has 1 aromatic rings. The molecule has 0 bridgehead atoms. The predicted octanol–water partition coefficient (Wildman–Crippen LogP) is 1.36. The van der Waals surface area contributed by atoms with Crippen LogP contribution in [0, 0.1) is 5.82 Å². The summed E-state index contributed by atoms with van der Waals surface area (Å²) in [4.78, 5) is 11.2. The van der Waals surface area contributed by atoms with Gasteiger partial charge in [-0.3, -0.25) is 4.79 Å². The predicted molar refractivity (Wildman–Crippen MR) is 69.9 cm³/mol. The number of halogens is 2. The fourth-order valence-corrected chi connectivity index (χ4v) is 1.42. The number of carbonyl (C=O) groups excluding carboxylic acids is 1. The van der Waals surface area contributed by atoms with Crippen LogP contribution in [0.4, 0.5) is 4.39 Å². The Hall–Kier alpha value is -1.17. The largest absolute Gasteiger partial charge is 0.380 e. The third-order valence-corrected chi connectivity index (χ3v) is 2.27. The Bertz CT molecular complexity index is 388. The number of carbonyl (C=O) groups is 1. The van der Waals surface area contributed by atoms with Crippen molar-refractivity contribution in [2.24, 2.45) is 5.73 Å². The summed E-state index contributed by atoms with van der Waals surface area (Å²) >= 11 is 0. The summed E-state index contributed by atoms with van der Waals surface area (Å²) < 4.78 is 18.2. The quantitative estimate of drug-likeness (QED) is 0.825. The van der Waals surface area contributed by atoms with Gasteiger partial charge in [0.25, 0.3) is 0 Å². The molecule has 0 saturated heterocycles. The van der Waals surface area contributed by atoms with E-state index < -0.39 is 0 Å². The van der Waals surface area contributed by atoms with Crippen molar-refractivity contribution in [2.75, 3.05) is 13.7 Å². The molecule has 0 radical (unpaired) electrons. The highest BCUT2D eigenvalue weighted by molar-refractivity contribution is 5.85. The minimum Gasteiger partial charge on any atom is -0.380 e. The highest BCUT2D eigenvalue weighted by Gasteiger charge is 2.04. The van der Waals surface area contributed by atoms with Gasteiger partial charge < -0.3 is 15.8 Å². The average molecular weight is 277 g/mol. The van der Waals surface area contributed by atoms with Crippen molar-refractivity contribution in [3.8, 4) is 0 Å². The molecule has 0 spiro atoms. The lowest BCUT2D eigenvalue weighted by Gasteiger charge is -2.07. The van der Waals surface area contributed by atoms with Gasteiger partial charge in [-0.2, -0.15) is 0 Å². The molecule has 0 aliphatic heterocycles. The van der Waals surface area contributed by atoms with E-state index in [1.54, 1.807) is 12.1 Å². The number of hydrogen-bond donors (Lipinski definition) is 2. The maximum Gasteiger partial charge on any atom is 0.221 e. The minimum absolute atomic E-state index is 0. The molecule has 0 fully saturated rings. The maximum atomic E-state index is 13.3. The molecule has 4 nitrogen and oxygen atoms in total. The van der Waals surface area contributed by atoms with E-state index in [1.807, 2.05) is 0 Å². The lowest BCUT2D eigenvalue weighted by Crippen LogP contribution is -2.25. The van der Waals surface area contributed by atoms with E-state index in [0.717, 1.165) is 5.56 Å². The lowest BCUT2D eigenvalue weighted by molar-refractivity contribution is -0.121. The summed E-state index contributed by atoms with van der Waals surface area (Å²) in [5, 5.41) is 2.71. The Kier molecular flexibility index (Phi) is 8.28. The monoisotopic (exact) mass is 276 g/mol. The summed E-state index contributed by atoms with van der Waals surface area (Å²) in [6.45, 7) is 0.913. The normalized spacial score (nSPS) is 9.72. The first-order valence-electron chi connectivity index (χ1n) is 5.40. The number of hydrogen-bond acceptors (Lipinski definition) is 3. The average Bonchev–Trinajstić information content (AvgIpc) is 2.31. The van der Waals surface area contributed by atoms with E-state index in [9.17, 15) is 9.18 Å². The van der Waals surface area contributed by atoms with Crippen LogP contribution in [0.15, 0.2) is 18.2 Å².